The van der Waals surface area contributed by atoms with Crippen LogP contribution in [-0.4, -0.2) is 13.2 Å². The second-order valence-corrected chi connectivity index (χ2v) is 11.3. The molecule has 0 atom stereocenters. The third kappa shape index (κ3) is 22.6. The maximum atomic E-state index is 5.64. The van der Waals surface area contributed by atoms with Crippen LogP contribution in [0.5, 0.6) is 0 Å². The fourth-order valence-corrected chi connectivity index (χ4v) is 4.18. The van der Waals surface area contributed by atoms with Crippen LogP contribution in [0.2, 0.25) is 0 Å². The van der Waals surface area contributed by atoms with Crippen LogP contribution in [0.1, 0.15) is 104 Å². The molecule has 0 saturated heterocycles. The second kappa shape index (κ2) is 21.9. The summed E-state index contributed by atoms with van der Waals surface area (Å²) in [6.45, 7) is 5.84. The standard InChI is InChI=1S/C18H39O2PS2.K/c1-3-5-7-9-11-13-15-17-19-21(22,23)20-18-16-14-12-10-8-6-4-2;/h3-18H2,1-2H3,(H,22,23);/q;+1/p-1. The summed E-state index contributed by atoms with van der Waals surface area (Å²) in [7, 11) is 0. The smallest absolute Gasteiger partial charge is 0.691 e. The van der Waals surface area contributed by atoms with Gasteiger partial charge in [-0.1, -0.05) is 103 Å². The Kier molecular flexibility index (Phi) is 26.2. The molecule has 0 unspecified atom stereocenters. The Morgan fingerprint density at radius 1 is 0.625 bits per heavy atom. The van der Waals surface area contributed by atoms with Crippen LogP contribution in [0.25, 0.3) is 0 Å². The van der Waals surface area contributed by atoms with E-state index in [0.717, 1.165) is 12.8 Å². The molecule has 0 spiro atoms. The molecule has 0 radical (unpaired) electrons. The summed E-state index contributed by atoms with van der Waals surface area (Å²) in [5.41, 5.74) is -2.41. The summed E-state index contributed by atoms with van der Waals surface area (Å²) in [6, 6.07) is 0. The molecule has 0 rings (SSSR count). The quantitative estimate of drug-likeness (QED) is 0.142. The van der Waals surface area contributed by atoms with E-state index in [4.69, 9.17) is 33.1 Å². The van der Waals surface area contributed by atoms with E-state index in [1.807, 2.05) is 0 Å². The minimum absolute atomic E-state index is 0. The Morgan fingerprint density at radius 3 is 1.25 bits per heavy atom. The zero-order valence-electron chi connectivity index (χ0n) is 16.4. The molecule has 24 heavy (non-hydrogen) atoms. The Bertz CT molecular complexity index is 270. The Labute approximate surface area is 204 Å². The molecule has 0 saturated carbocycles. The average molecular weight is 421 g/mol. The second-order valence-electron chi connectivity index (χ2n) is 6.36. The molecule has 0 bridgehead atoms. The normalized spacial score (nSPS) is 11.5. The van der Waals surface area contributed by atoms with Crippen molar-refractivity contribution in [3.63, 3.8) is 0 Å². The van der Waals surface area contributed by atoms with Gasteiger partial charge in [0.2, 0.25) is 0 Å². The first-order chi connectivity index (χ1) is 11.1. The van der Waals surface area contributed by atoms with Gasteiger partial charge in [0.25, 0.3) is 0 Å². The Hall–Kier alpha value is 2.56. The van der Waals surface area contributed by atoms with Gasteiger partial charge in [0.1, 0.15) is 0 Å². The molecule has 2 nitrogen and oxygen atoms in total. The fraction of sp³-hybridized carbons (Fsp3) is 1.00. The van der Waals surface area contributed by atoms with E-state index in [9.17, 15) is 0 Å². The van der Waals surface area contributed by atoms with Crippen LogP contribution >= 0.6 is 5.69 Å². The Balaban J connectivity index is 0. The van der Waals surface area contributed by atoms with E-state index < -0.39 is 5.69 Å². The van der Waals surface area contributed by atoms with Crippen molar-refractivity contribution in [3.05, 3.63) is 0 Å². The largest absolute Gasteiger partial charge is 1.00 e. The van der Waals surface area contributed by atoms with Gasteiger partial charge in [-0.15, -0.1) is 0 Å². The van der Waals surface area contributed by atoms with Crippen molar-refractivity contribution in [2.24, 2.45) is 0 Å². The molecule has 0 aliphatic rings. The van der Waals surface area contributed by atoms with Crippen molar-refractivity contribution < 1.29 is 60.4 Å². The van der Waals surface area contributed by atoms with E-state index in [2.05, 4.69) is 13.8 Å². The average Bonchev–Trinajstić information content (AvgIpc) is 2.52. The number of hydrogen-bond acceptors (Lipinski definition) is 4. The molecule has 140 valence electrons. The van der Waals surface area contributed by atoms with Gasteiger partial charge in [-0.05, 0) is 12.8 Å². The molecule has 0 heterocycles. The summed E-state index contributed by atoms with van der Waals surface area (Å²) in [5, 5.41) is 0. The van der Waals surface area contributed by atoms with Crippen LogP contribution in [0.3, 0.4) is 0 Å². The van der Waals surface area contributed by atoms with Crippen LogP contribution in [-0.2, 0) is 33.1 Å². The number of rotatable bonds is 18. The summed E-state index contributed by atoms with van der Waals surface area (Å²) >= 11 is 10.6. The van der Waals surface area contributed by atoms with Gasteiger partial charge in [-0.3, -0.25) is 0 Å². The molecular weight excluding hydrogens is 382 g/mol. The first-order valence-electron chi connectivity index (χ1n) is 9.72. The third-order valence-corrected chi connectivity index (χ3v) is 6.26. The minimum atomic E-state index is -2.41. The molecule has 0 N–H and O–H groups in total. The van der Waals surface area contributed by atoms with Gasteiger partial charge in [0.15, 0.2) is 0 Å². The van der Waals surface area contributed by atoms with Crippen molar-refractivity contribution in [1.82, 2.24) is 0 Å². The van der Waals surface area contributed by atoms with Gasteiger partial charge in [-0.25, -0.2) is 0 Å². The van der Waals surface area contributed by atoms with Crippen molar-refractivity contribution in [1.29, 1.82) is 0 Å². The number of unbranched alkanes of at least 4 members (excludes halogenated alkanes) is 12. The SMILES string of the molecule is CCCCCCCCCOP(=S)([S-])OCCCCCCCCC.[K+]. The molecule has 6 heteroatoms. The molecule has 0 aromatic carbocycles. The van der Waals surface area contributed by atoms with Crippen LogP contribution < -0.4 is 51.4 Å². The molecule has 0 aromatic rings. The van der Waals surface area contributed by atoms with Gasteiger partial charge in [-0.2, -0.15) is 0 Å². The van der Waals surface area contributed by atoms with Gasteiger partial charge >= 0.3 is 51.4 Å². The van der Waals surface area contributed by atoms with E-state index in [1.165, 1.54) is 77.0 Å². The van der Waals surface area contributed by atoms with E-state index in [0.29, 0.717) is 13.2 Å². The van der Waals surface area contributed by atoms with Crippen molar-refractivity contribution in [2.45, 2.75) is 104 Å². The predicted molar refractivity (Wildman–Crippen MR) is 110 cm³/mol. The van der Waals surface area contributed by atoms with Crippen molar-refractivity contribution in [2.75, 3.05) is 13.2 Å². The van der Waals surface area contributed by atoms with Crippen LogP contribution in [0.4, 0.5) is 0 Å². The zero-order valence-corrected chi connectivity index (χ0v) is 22.0. The monoisotopic (exact) mass is 420 g/mol. The maximum absolute atomic E-state index is 5.64. The van der Waals surface area contributed by atoms with E-state index in [1.54, 1.807) is 0 Å². The van der Waals surface area contributed by atoms with Gasteiger partial charge in [0, 0.05) is 0 Å². The van der Waals surface area contributed by atoms with Gasteiger partial charge < -0.3 is 21.3 Å². The number of hydrogen-bond donors (Lipinski definition) is 0. The topological polar surface area (TPSA) is 18.5 Å². The predicted octanol–water partition coefficient (Wildman–Crippen LogP) is 4.30. The minimum Gasteiger partial charge on any atom is -0.691 e. The van der Waals surface area contributed by atoms with Crippen LogP contribution in [0.15, 0.2) is 0 Å². The summed E-state index contributed by atoms with van der Waals surface area (Å²) in [6.07, 6.45) is 17.8. The summed E-state index contributed by atoms with van der Waals surface area (Å²) in [5.74, 6) is 0. The molecular formula is C18H38KO2PS2. The summed E-state index contributed by atoms with van der Waals surface area (Å²) in [4.78, 5) is 0. The van der Waals surface area contributed by atoms with E-state index >= 15 is 0 Å². The molecule has 0 aliphatic heterocycles. The molecule has 0 aromatic heterocycles. The molecule has 0 aliphatic carbocycles. The van der Waals surface area contributed by atoms with Gasteiger partial charge in [0.05, 0.1) is 18.9 Å². The van der Waals surface area contributed by atoms with Crippen molar-refractivity contribution >= 4 is 29.7 Å². The maximum Gasteiger partial charge on any atom is 1.00 e. The molecule has 0 amide bonds. The zero-order chi connectivity index (χ0) is 17.2. The summed E-state index contributed by atoms with van der Waals surface area (Å²) < 4.78 is 11.3. The van der Waals surface area contributed by atoms with Crippen LogP contribution in [0, 0.1) is 0 Å². The fourth-order valence-electron chi connectivity index (χ4n) is 2.51. The molecule has 0 fully saturated rings. The first kappa shape index (κ1) is 28.8. The first-order valence-corrected chi connectivity index (χ1v) is 13.4. The third-order valence-electron chi connectivity index (χ3n) is 3.99. The van der Waals surface area contributed by atoms with Crippen molar-refractivity contribution in [3.8, 4) is 0 Å². The van der Waals surface area contributed by atoms with E-state index in [-0.39, 0.29) is 51.4 Å². The Morgan fingerprint density at radius 2 is 0.917 bits per heavy atom.